The van der Waals surface area contributed by atoms with E-state index in [1.165, 1.54) is 17.3 Å². The highest BCUT2D eigenvalue weighted by molar-refractivity contribution is 7.99. The molecule has 0 amide bonds. The summed E-state index contributed by atoms with van der Waals surface area (Å²) < 4.78 is 0. The van der Waals surface area contributed by atoms with E-state index < -0.39 is 0 Å². The third kappa shape index (κ3) is 4.90. The molecule has 2 aromatic heterocycles. The molecule has 0 saturated heterocycles. The molecular formula is C15H20N4S. The van der Waals surface area contributed by atoms with Crippen LogP contribution in [-0.4, -0.2) is 20.5 Å². The number of hydrogen-bond acceptors (Lipinski definition) is 5. The molecule has 0 aliphatic carbocycles. The van der Waals surface area contributed by atoms with E-state index >= 15 is 0 Å². The quantitative estimate of drug-likeness (QED) is 0.875. The van der Waals surface area contributed by atoms with Crippen LogP contribution in [-0.2, 0) is 6.54 Å². The van der Waals surface area contributed by atoms with E-state index in [9.17, 15) is 0 Å². The van der Waals surface area contributed by atoms with Crippen LogP contribution < -0.4 is 5.32 Å². The monoisotopic (exact) mass is 288 g/mol. The van der Waals surface area contributed by atoms with Crippen LogP contribution in [0.2, 0.25) is 0 Å². The Labute approximate surface area is 124 Å². The predicted molar refractivity (Wildman–Crippen MR) is 81.7 cm³/mol. The second kappa shape index (κ2) is 6.33. The molecule has 0 fully saturated rings. The van der Waals surface area contributed by atoms with Gasteiger partial charge in [-0.15, -0.1) is 0 Å². The van der Waals surface area contributed by atoms with Gasteiger partial charge in [-0.1, -0.05) is 6.07 Å². The standard InChI is InChI=1S/C15H20N4S/c1-11-7-8-16-14(19-11)20-13-6-5-12(9-17-13)10-18-15(2,3)4/h5-9,18H,10H2,1-4H3. The van der Waals surface area contributed by atoms with Crippen molar-refractivity contribution in [3.05, 3.63) is 41.9 Å². The van der Waals surface area contributed by atoms with Crippen molar-refractivity contribution in [3.63, 3.8) is 0 Å². The fourth-order valence-electron chi connectivity index (χ4n) is 1.51. The lowest BCUT2D eigenvalue weighted by atomic mass is 10.1. The molecule has 0 aliphatic heterocycles. The van der Waals surface area contributed by atoms with Gasteiger partial charge in [0.15, 0.2) is 5.16 Å². The Kier molecular flexibility index (Phi) is 4.73. The molecule has 106 valence electrons. The van der Waals surface area contributed by atoms with E-state index in [4.69, 9.17) is 0 Å². The third-order valence-electron chi connectivity index (χ3n) is 2.59. The molecule has 5 heteroatoms. The van der Waals surface area contributed by atoms with E-state index in [0.29, 0.717) is 0 Å². The zero-order chi connectivity index (χ0) is 14.6. The van der Waals surface area contributed by atoms with Crippen molar-refractivity contribution in [1.82, 2.24) is 20.3 Å². The summed E-state index contributed by atoms with van der Waals surface area (Å²) in [5, 5.41) is 5.09. The summed E-state index contributed by atoms with van der Waals surface area (Å²) in [6.45, 7) is 9.24. The Morgan fingerprint density at radius 1 is 1.15 bits per heavy atom. The van der Waals surface area contributed by atoms with Crippen LogP contribution >= 0.6 is 11.8 Å². The average molecular weight is 288 g/mol. The van der Waals surface area contributed by atoms with Gasteiger partial charge in [0.1, 0.15) is 5.03 Å². The van der Waals surface area contributed by atoms with Crippen molar-refractivity contribution < 1.29 is 0 Å². The van der Waals surface area contributed by atoms with Gasteiger partial charge in [0.05, 0.1) is 0 Å². The summed E-state index contributed by atoms with van der Waals surface area (Å²) in [5.41, 5.74) is 2.26. The fraction of sp³-hybridized carbons (Fsp3) is 0.400. The summed E-state index contributed by atoms with van der Waals surface area (Å²) in [7, 11) is 0. The molecule has 2 rings (SSSR count). The molecule has 2 aromatic rings. The average Bonchev–Trinajstić information content (AvgIpc) is 2.37. The SMILES string of the molecule is Cc1ccnc(Sc2ccc(CNC(C)(C)C)cn2)n1. The summed E-state index contributed by atoms with van der Waals surface area (Å²) >= 11 is 1.48. The maximum absolute atomic E-state index is 4.45. The van der Waals surface area contributed by atoms with Crippen LogP contribution in [0.25, 0.3) is 0 Å². The molecule has 2 heterocycles. The first kappa shape index (κ1) is 14.9. The van der Waals surface area contributed by atoms with Gasteiger partial charge in [0.25, 0.3) is 0 Å². The van der Waals surface area contributed by atoms with Crippen molar-refractivity contribution in [2.75, 3.05) is 0 Å². The van der Waals surface area contributed by atoms with Crippen LogP contribution in [0.3, 0.4) is 0 Å². The normalized spacial score (nSPS) is 11.6. The second-order valence-corrected chi connectivity index (χ2v) is 6.68. The maximum Gasteiger partial charge on any atom is 0.194 e. The van der Waals surface area contributed by atoms with Crippen molar-refractivity contribution in [2.45, 2.75) is 50.0 Å². The number of nitrogens with one attached hydrogen (secondary N) is 1. The van der Waals surface area contributed by atoms with Gasteiger partial charge in [-0.05, 0) is 57.2 Å². The fourth-order valence-corrected chi connectivity index (χ4v) is 2.24. The number of aryl methyl sites for hydroxylation is 1. The highest BCUT2D eigenvalue weighted by Gasteiger charge is 2.08. The molecule has 0 aromatic carbocycles. The molecule has 1 N–H and O–H groups in total. The molecular weight excluding hydrogens is 268 g/mol. The first-order valence-electron chi connectivity index (χ1n) is 6.60. The molecule has 0 aliphatic rings. The minimum absolute atomic E-state index is 0.114. The van der Waals surface area contributed by atoms with E-state index in [2.05, 4.69) is 47.1 Å². The van der Waals surface area contributed by atoms with Crippen LogP contribution in [0.5, 0.6) is 0 Å². The molecule has 0 radical (unpaired) electrons. The van der Waals surface area contributed by atoms with Crippen molar-refractivity contribution in [1.29, 1.82) is 0 Å². The lowest BCUT2D eigenvalue weighted by Gasteiger charge is -2.20. The zero-order valence-corrected chi connectivity index (χ0v) is 13.2. The first-order chi connectivity index (χ1) is 9.42. The molecule has 0 saturated carbocycles. The predicted octanol–water partition coefficient (Wildman–Crippen LogP) is 3.22. The van der Waals surface area contributed by atoms with Crippen LogP contribution in [0.4, 0.5) is 0 Å². The van der Waals surface area contributed by atoms with Crippen LogP contribution in [0.15, 0.2) is 40.8 Å². The minimum Gasteiger partial charge on any atom is -0.308 e. The summed E-state index contributed by atoms with van der Waals surface area (Å²) in [4.78, 5) is 13.0. The van der Waals surface area contributed by atoms with Crippen molar-refractivity contribution in [3.8, 4) is 0 Å². The van der Waals surface area contributed by atoms with Gasteiger partial charge < -0.3 is 5.32 Å². The summed E-state index contributed by atoms with van der Waals surface area (Å²) in [5.74, 6) is 0. The van der Waals surface area contributed by atoms with Gasteiger partial charge >= 0.3 is 0 Å². The van der Waals surface area contributed by atoms with Gasteiger partial charge in [-0.25, -0.2) is 15.0 Å². The Morgan fingerprint density at radius 3 is 2.55 bits per heavy atom. The summed E-state index contributed by atoms with van der Waals surface area (Å²) in [6, 6.07) is 5.98. The number of hydrogen-bond donors (Lipinski definition) is 1. The molecule has 0 unspecified atom stereocenters. The maximum atomic E-state index is 4.45. The molecule has 0 spiro atoms. The zero-order valence-electron chi connectivity index (χ0n) is 12.3. The van der Waals surface area contributed by atoms with Crippen LogP contribution in [0, 0.1) is 6.92 Å². The number of nitrogens with zero attached hydrogens (tertiary/aromatic N) is 3. The number of rotatable bonds is 4. The van der Waals surface area contributed by atoms with Crippen LogP contribution in [0.1, 0.15) is 32.0 Å². The number of aromatic nitrogens is 3. The highest BCUT2D eigenvalue weighted by atomic mass is 32.2. The van der Waals surface area contributed by atoms with Gasteiger partial charge in [-0.3, -0.25) is 0 Å². The Morgan fingerprint density at radius 2 is 1.95 bits per heavy atom. The van der Waals surface area contributed by atoms with E-state index in [0.717, 1.165) is 22.4 Å². The Bertz CT molecular complexity index is 561. The highest BCUT2D eigenvalue weighted by Crippen LogP contribution is 2.22. The Hall–Kier alpha value is -1.46. The molecule has 4 nitrogen and oxygen atoms in total. The first-order valence-corrected chi connectivity index (χ1v) is 7.41. The summed E-state index contributed by atoms with van der Waals surface area (Å²) in [6.07, 6.45) is 3.67. The van der Waals surface area contributed by atoms with Gasteiger partial charge in [-0.2, -0.15) is 0 Å². The van der Waals surface area contributed by atoms with E-state index in [1.54, 1.807) is 6.20 Å². The topological polar surface area (TPSA) is 50.7 Å². The van der Waals surface area contributed by atoms with E-state index in [1.807, 2.05) is 25.3 Å². The molecule has 0 atom stereocenters. The molecule has 0 bridgehead atoms. The minimum atomic E-state index is 0.114. The smallest absolute Gasteiger partial charge is 0.194 e. The van der Waals surface area contributed by atoms with Gasteiger partial charge in [0.2, 0.25) is 0 Å². The van der Waals surface area contributed by atoms with Crippen molar-refractivity contribution in [2.24, 2.45) is 0 Å². The Balaban J connectivity index is 1.98. The second-order valence-electron chi connectivity index (χ2n) is 5.69. The van der Waals surface area contributed by atoms with Gasteiger partial charge in [0, 0.05) is 30.2 Å². The largest absolute Gasteiger partial charge is 0.308 e. The third-order valence-corrected chi connectivity index (χ3v) is 3.42. The molecule has 20 heavy (non-hydrogen) atoms. The van der Waals surface area contributed by atoms with E-state index in [-0.39, 0.29) is 5.54 Å². The lowest BCUT2D eigenvalue weighted by molar-refractivity contribution is 0.424. The number of pyridine rings is 1. The van der Waals surface area contributed by atoms with Crippen molar-refractivity contribution >= 4 is 11.8 Å². The lowest BCUT2D eigenvalue weighted by Crippen LogP contribution is -2.35.